The molecule has 0 unspecified atom stereocenters. The predicted octanol–water partition coefficient (Wildman–Crippen LogP) is 5.68. The van der Waals surface area contributed by atoms with E-state index >= 15 is 0 Å². The number of nitrogens with one attached hydrogen (secondary N) is 3. The highest BCUT2D eigenvalue weighted by molar-refractivity contribution is 5.84. The second-order valence-corrected chi connectivity index (χ2v) is 14.5. The Morgan fingerprint density at radius 2 is 1.21 bits per heavy atom. The Balaban J connectivity index is 0.992. The third-order valence-corrected chi connectivity index (χ3v) is 10.6. The van der Waals surface area contributed by atoms with Crippen molar-refractivity contribution in [2.24, 2.45) is 5.92 Å². The van der Waals surface area contributed by atoms with Gasteiger partial charge in [-0.1, -0.05) is 62.4 Å². The minimum Gasteiger partial charge on any atom is -0.436 e. The van der Waals surface area contributed by atoms with Gasteiger partial charge < -0.3 is 39.6 Å². The van der Waals surface area contributed by atoms with Crippen LogP contribution >= 0.6 is 0 Å². The highest BCUT2D eigenvalue weighted by Crippen LogP contribution is 2.35. The molecule has 5 heterocycles. The smallest absolute Gasteiger partial charge is 0.407 e. The summed E-state index contributed by atoms with van der Waals surface area (Å²) in [5.41, 5.74) is 6.03. The molecule has 13 nitrogen and oxygen atoms in total. The van der Waals surface area contributed by atoms with Crippen LogP contribution in [0.1, 0.15) is 63.3 Å². The number of urea groups is 1. The second kappa shape index (κ2) is 15.2. The molecule has 3 aliphatic heterocycles. The van der Waals surface area contributed by atoms with E-state index in [1.54, 1.807) is 4.90 Å². The summed E-state index contributed by atoms with van der Waals surface area (Å²) in [6, 6.07) is 16.6. The third kappa shape index (κ3) is 7.27. The molecule has 0 saturated carbocycles. The van der Waals surface area contributed by atoms with Gasteiger partial charge in [-0.05, 0) is 60.9 Å². The largest absolute Gasteiger partial charge is 0.436 e. The van der Waals surface area contributed by atoms with Gasteiger partial charge in [-0.15, -0.1) is 0 Å². The zero-order chi connectivity index (χ0) is 36.4. The number of benzene rings is 2. The molecule has 3 aliphatic rings. The molecule has 0 spiro atoms. The van der Waals surface area contributed by atoms with Gasteiger partial charge >= 0.3 is 12.1 Å². The van der Waals surface area contributed by atoms with E-state index in [1.807, 2.05) is 36.0 Å². The van der Waals surface area contributed by atoms with Gasteiger partial charge in [-0.3, -0.25) is 4.79 Å². The minimum absolute atomic E-state index is 0.0312. The number of nitrogens with zero attached hydrogens (tertiary/aromatic N) is 6. The first kappa shape index (κ1) is 35.2. The summed E-state index contributed by atoms with van der Waals surface area (Å²) in [6.07, 6.45) is 5.73. The van der Waals surface area contributed by atoms with E-state index in [1.165, 1.54) is 7.05 Å². The van der Waals surface area contributed by atoms with Crippen LogP contribution in [0.25, 0.3) is 33.6 Å². The molecule has 52 heavy (non-hydrogen) atoms. The van der Waals surface area contributed by atoms with Gasteiger partial charge in [0.15, 0.2) is 6.10 Å². The van der Waals surface area contributed by atoms with Crippen molar-refractivity contribution >= 4 is 18.0 Å². The lowest BCUT2D eigenvalue weighted by atomic mass is 10.0. The highest BCUT2D eigenvalue weighted by Gasteiger charge is 2.39. The monoisotopic (exact) mass is 707 g/mol. The van der Waals surface area contributed by atoms with E-state index in [2.05, 4.69) is 80.7 Å². The van der Waals surface area contributed by atoms with E-state index in [0.717, 1.165) is 104 Å². The van der Waals surface area contributed by atoms with Crippen LogP contribution in [0, 0.1) is 5.92 Å². The van der Waals surface area contributed by atoms with Gasteiger partial charge in [0.25, 0.3) is 5.91 Å². The van der Waals surface area contributed by atoms with Crippen molar-refractivity contribution in [3.05, 3.63) is 72.6 Å². The van der Waals surface area contributed by atoms with E-state index < -0.39 is 12.2 Å². The Morgan fingerprint density at radius 3 is 1.71 bits per heavy atom. The van der Waals surface area contributed by atoms with Crippen molar-refractivity contribution in [1.82, 2.24) is 44.9 Å². The average Bonchev–Trinajstić information content (AvgIpc) is 4.00. The molecule has 2 aromatic carbocycles. The molecule has 3 atom stereocenters. The fourth-order valence-electron chi connectivity index (χ4n) is 7.57. The van der Waals surface area contributed by atoms with Crippen LogP contribution in [-0.2, 0) is 9.53 Å². The number of amides is 4. The lowest BCUT2D eigenvalue weighted by Crippen LogP contribution is -2.51. The fraction of sp³-hybridized carbons (Fsp3) is 0.462. The number of rotatable bonds is 8. The van der Waals surface area contributed by atoms with Gasteiger partial charge in [0, 0.05) is 46.3 Å². The standard InChI is InChI=1S/C39H49N9O4/c1-25(2)34(52-38(50)40-3)37(49)47-17-5-7-32(47)35-41-23-30(43-35)28-13-9-26(10-14-28)27-11-15-29(16-12-27)31-24-42-36(44-31)33-8-6-18-48(33)39(51)46-21-19-45(4)20-22-46/h9-16,23-25,32-34H,5-8,17-22H2,1-4H3,(H,40,50)(H,41,43)(H,42,44)/t32-,33-,34-/m0/s1. The number of aromatic amines is 2. The first-order valence-electron chi connectivity index (χ1n) is 18.4. The van der Waals surface area contributed by atoms with Crippen LogP contribution in [0.2, 0.25) is 0 Å². The van der Waals surface area contributed by atoms with Gasteiger partial charge in [-0.2, -0.15) is 0 Å². The number of likely N-dealkylation sites (tertiary alicyclic amines) is 2. The van der Waals surface area contributed by atoms with Crippen LogP contribution < -0.4 is 5.32 Å². The summed E-state index contributed by atoms with van der Waals surface area (Å²) in [5.74, 6) is 1.21. The molecule has 0 aliphatic carbocycles. The molecule has 2 aromatic heterocycles. The van der Waals surface area contributed by atoms with Crippen molar-refractivity contribution < 1.29 is 19.1 Å². The molecule has 7 rings (SSSR count). The summed E-state index contributed by atoms with van der Waals surface area (Å²) < 4.78 is 5.43. The molecule has 274 valence electrons. The molecule has 0 bridgehead atoms. The van der Waals surface area contributed by atoms with Crippen LogP contribution in [-0.4, -0.2) is 117 Å². The number of ether oxygens (including phenoxy) is 1. The zero-order valence-corrected chi connectivity index (χ0v) is 30.5. The van der Waals surface area contributed by atoms with E-state index in [9.17, 15) is 14.4 Å². The Morgan fingerprint density at radius 1 is 0.731 bits per heavy atom. The Bertz CT molecular complexity index is 1860. The molecular formula is C39H49N9O4. The lowest BCUT2D eigenvalue weighted by molar-refractivity contribution is -0.143. The summed E-state index contributed by atoms with van der Waals surface area (Å²) in [7, 11) is 3.58. The van der Waals surface area contributed by atoms with Gasteiger partial charge in [0.2, 0.25) is 0 Å². The molecule has 3 fully saturated rings. The number of aromatic nitrogens is 4. The molecule has 4 amide bonds. The third-order valence-electron chi connectivity index (χ3n) is 10.6. The van der Waals surface area contributed by atoms with Crippen LogP contribution in [0.4, 0.5) is 9.59 Å². The van der Waals surface area contributed by atoms with Gasteiger partial charge in [0.1, 0.15) is 11.6 Å². The number of carbonyl (C=O) groups is 3. The molecular weight excluding hydrogens is 658 g/mol. The van der Waals surface area contributed by atoms with Crippen molar-refractivity contribution in [1.29, 1.82) is 0 Å². The Kier molecular flexibility index (Phi) is 10.3. The maximum atomic E-state index is 13.5. The molecule has 3 saturated heterocycles. The van der Waals surface area contributed by atoms with Crippen molar-refractivity contribution in [3.63, 3.8) is 0 Å². The number of likely N-dealkylation sites (N-methyl/N-ethyl adjacent to an activating group) is 1. The number of piperazine rings is 1. The number of H-pyrrole nitrogens is 2. The maximum Gasteiger partial charge on any atom is 0.407 e. The summed E-state index contributed by atoms with van der Waals surface area (Å²) in [6.45, 7) is 8.44. The van der Waals surface area contributed by atoms with Crippen molar-refractivity contribution in [3.8, 4) is 33.6 Å². The Hall–Kier alpha value is -5.17. The fourth-order valence-corrected chi connectivity index (χ4v) is 7.57. The molecule has 3 N–H and O–H groups in total. The second-order valence-electron chi connectivity index (χ2n) is 14.5. The predicted molar refractivity (Wildman–Crippen MR) is 198 cm³/mol. The van der Waals surface area contributed by atoms with Crippen molar-refractivity contribution in [2.75, 3.05) is 53.4 Å². The highest BCUT2D eigenvalue weighted by atomic mass is 16.6. The number of alkyl carbamates (subject to hydrolysis) is 1. The van der Waals surface area contributed by atoms with Crippen LogP contribution in [0.3, 0.4) is 0 Å². The molecule has 4 aromatic rings. The number of hydrogen-bond donors (Lipinski definition) is 3. The average molecular weight is 708 g/mol. The first-order valence-corrected chi connectivity index (χ1v) is 18.4. The molecule has 0 radical (unpaired) electrons. The first-order chi connectivity index (χ1) is 25.2. The van der Waals surface area contributed by atoms with Gasteiger partial charge in [0.05, 0.1) is 35.9 Å². The van der Waals surface area contributed by atoms with Crippen LogP contribution in [0.5, 0.6) is 0 Å². The number of imidazole rings is 2. The topological polar surface area (TPSA) is 143 Å². The van der Waals surface area contributed by atoms with E-state index in [4.69, 9.17) is 9.72 Å². The van der Waals surface area contributed by atoms with Crippen LogP contribution in [0.15, 0.2) is 60.9 Å². The maximum absolute atomic E-state index is 13.5. The quantitative estimate of drug-likeness (QED) is 0.214. The molecule has 13 heteroatoms. The normalized spacial score (nSPS) is 20.1. The SMILES string of the molecule is CNC(=O)O[C@H](C(=O)N1CCC[C@H]1c1ncc(-c2ccc(-c3ccc(-c4cnc([C@@H]5CCCN5C(=O)N5CCN(C)CC5)[nH]4)cc3)cc2)[nH]1)C(C)C. The summed E-state index contributed by atoms with van der Waals surface area (Å²) in [4.78, 5) is 63.1. The lowest BCUT2D eigenvalue weighted by Gasteiger charge is -2.36. The van der Waals surface area contributed by atoms with E-state index in [-0.39, 0.29) is 29.9 Å². The summed E-state index contributed by atoms with van der Waals surface area (Å²) in [5, 5.41) is 2.44. The number of carbonyl (C=O) groups excluding carboxylic acids is 3. The zero-order valence-electron chi connectivity index (χ0n) is 30.5. The van der Waals surface area contributed by atoms with Crippen molar-refractivity contribution in [2.45, 2.75) is 57.7 Å². The Labute approximate surface area is 304 Å². The number of hydrogen-bond acceptors (Lipinski definition) is 7. The summed E-state index contributed by atoms with van der Waals surface area (Å²) >= 11 is 0. The van der Waals surface area contributed by atoms with Gasteiger partial charge in [-0.25, -0.2) is 19.6 Å². The van der Waals surface area contributed by atoms with E-state index in [0.29, 0.717) is 6.54 Å². The minimum atomic E-state index is -0.861.